The molecule has 36 heavy (non-hydrogen) atoms. The SMILES string of the molecule is CC(C)NC(=O)O[C@H]1CO[C@@H](c2cc(Nc3nc(-c4ccc(F)c(Cl)c4)cc4nccn34)n[nH]2)[C@H]1F. The fourth-order valence-electron chi connectivity index (χ4n) is 3.82. The van der Waals surface area contributed by atoms with Crippen molar-refractivity contribution in [1.29, 1.82) is 0 Å². The summed E-state index contributed by atoms with van der Waals surface area (Å²) in [5.41, 5.74) is 2.06. The number of ether oxygens (including phenoxy) is 2. The molecule has 0 radical (unpaired) electrons. The van der Waals surface area contributed by atoms with Gasteiger partial charge in [-0.3, -0.25) is 9.50 Å². The van der Waals surface area contributed by atoms with Crippen molar-refractivity contribution in [2.75, 3.05) is 11.9 Å². The van der Waals surface area contributed by atoms with E-state index in [0.29, 0.717) is 34.4 Å². The number of hydrogen-bond acceptors (Lipinski definition) is 7. The van der Waals surface area contributed by atoms with E-state index in [4.69, 9.17) is 21.1 Å². The van der Waals surface area contributed by atoms with E-state index in [1.54, 1.807) is 48.8 Å². The first-order chi connectivity index (χ1) is 17.3. The van der Waals surface area contributed by atoms with Crippen molar-refractivity contribution < 1.29 is 23.0 Å². The van der Waals surface area contributed by atoms with Crippen molar-refractivity contribution >= 4 is 35.1 Å². The van der Waals surface area contributed by atoms with Gasteiger partial charge in [-0.25, -0.2) is 23.5 Å². The van der Waals surface area contributed by atoms with Gasteiger partial charge in [-0.05, 0) is 32.0 Å². The third-order valence-corrected chi connectivity index (χ3v) is 5.79. The zero-order valence-corrected chi connectivity index (χ0v) is 20.0. The molecule has 0 saturated carbocycles. The van der Waals surface area contributed by atoms with Crippen LogP contribution in [0.25, 0.3) is 16.9 Å². The van der Waals surface area contributed by atoms with Crippen molar-refractivity contribution in [2.45, 2.75) is 38.3 Å². The summed E-state index contributed by atoms with van der Waals surface area (Å²) in [5.74, 6) is 0.187. The number of amides is 1. The van der Waals surface area contributed by atoms with E-state index >= 15 is 0 Å². The lowest BCUT2D eigenvalue weighted by Gasteiger charge is -2.16. The molecule has 4 aromatic rings. The van der Waals surface area contributed by atoms with E-state index in [9.17, 15) is 13.6 Å². The summed E-state index contributed by atoms with van der Waals surface area (Å²) in [6, 6.07) is 7.50. The van der Waals surface area contributed by atoms with E-state index in [1.807, 2.05) is 0 Å². The lowest BCUT2D eigenvalue weighted by molar-refractivity contribution is 0.0615. The smallest absolute Gasteiger partial charge is 0.407 e. The molecular weight excluding hydrogens is 496 g/mol. The number of anilines is 2. The van der Waals surface area contributed by atoms with Gasteiger partial charge < -0.3 is 20.1 Å². The molecule has 3 N–H and O–H groups in total. The Kier molecular flexibility index (Phi) is 6.46. The molecule has 1 aliphatic heterocycles. The Morgan fingerprint density at radius 3 is 2.94 bits per heavy atom. The fourth-order valence-corrected chi connectivity index (χ4v) is 4.00. The molecule has 1 fully saturated rings. The second kappa shape index (κ2) is 9.70. The van der Waals surface area contributed by atoms with Crippen molar-refractivity contribution in [3.63, 3.8) is 0 Å². The zero-order valence-electron chi connectivity index (χ0n) is 19.2. The number of hydrogen-bond donors (Lipinski definition) is 3. The quantitative estimate of drug-likeness (QED) is 0.343. The standard InChI is InChI=1S/C23H22ClF2N7O3/c1-11(2)28-23(34)36-17-10-35-21(20(17)26)16-8-18(32-31-16)30-22-29-15(9-19-27-5-6-33(19)22)12-3-4-14(25)13(24)7-12/h3-9,11,17,20-21H,10H2,1-2H3,(H,28,34)(H2,29,30,31,32)/t17-,20-,21-/m0/s1. The van der Waals surface area contributed by atoms with Gasteiger partial charge in [-0.15, -0.1) is 0 Å². The number of carbonyl (C=O) groups excluding carboxylic acids is 1. The van der Waals surface area contributed by atoms with Crippen LogP contribution in [-0.2, 0) is 9.47 Å². The normalized spacial score (nSPS) is 19.7. The largest absolute Gasteiger partial charge is 0.441 e. The maximum atomic E-state index is 15.0. The minimum absolute atomic E-state index is 0.0229. The highest BCUT2D eigenvalue weighted by Gasteiger charge is 2.42. The molecule has 13 heteroatoms. The van der Waals surface area contributed by atoms with Gasteiger partial charge >= 0.3 is 6.09 Å². The molecule has 0 bridgehead atoms. The second-order valence-corrected chi connectivity index (χ2v) is 8.93. The highest BCUT2D eigenvalue weighted by Crippen LogP contribution is 2.34. The average molecular weight is 518 g/mol. The minimum Gasteiger partial charge on any atom is -0.441 e. The number of alkyl carbamates (subject to hydrolysis) is 1. The average Bonchev–Trinajstić information content (AvgIpc) is 3.56. The Balaban J connectivity index is 1.35. The molecule has 1 aromatic carbocycles. The lowest BCUT2D eigenvalue weighted by Crippen LogP contribution is -2.36. The number of nitrogens with zero attached hydrogens (tertiary/aromatic N) is 4. The number of imidazole rings is 1. The highest BCUT2D eigenvalue weighted by atomic mass is 35.5. The van der Waals surface area contributed by atoms with Crippen LogP contribution in [0.4, 0.5) is 25.3 Å². The van der Waals surface area contributed by atoms with E-state index in [0.717, 1.165) is 0 Å². The summed E-state index contributed by atoms with van der Waals surface area (Å²) in [7, 11) is 0. The first-order valence-corrected chi connectivity index (χ1v) is 11.5. The number of alkyl halides is 1. The van der Waals surface area contributed by atoms with Crippen molar-refractivity contribution in [1.82, 2.24) is 29.9 Å². The van der Waals surface area contributed by atoms with Crippen LogP contribution in [0.1, 0.15) is 25.6 Å². The predicted molar refractivity (Wildman–Crippen MR) is 127 cm³/mol. The van der Waals surface area contributed by atoms with Gasteiger partial charge in [0.05, 0.1) is 23.0 Å². The van der Waals surface area contributed by atoms with Gasteiger partial charge in [0.1, 0.15) is 17.6 Å². The van der Waals surface area contributed by atoms with E-state index in [-0.39, 0.29) is 17.7 Å². The van der Waals surface area contributed by atoms with Gasteiger partial charge in [0.15, 0.2) is 18.1 Å². The van der Waals surface area contributed by atoms with E-state index in [2.05, 4.69) is 30.8 Å². The summed E-state index contributed by atoms with van der Waals surface area (Å²) < 4.78 is 41.0. The van der Waals surface area contributed by atoms with Gasteiger partial charge in [0.2, 0.25) is 5.95 Å². The molecule has 188 valence electrons. The summed E-state index contributed by atoms with van der Waals surface area (Å²) >= 11 is 5.94. The molecule has 0 unspecified atom stereocenters. The maximum Gasteiger partial charge on any atom is 0.407 e. The van der Waals surface area contributed by atoms with Crippen LogP contribution in [0.15, 0.2) is 42.7 Å². The Bertz CT molecular complexity index is 1410. The summed E-state index contributed by atoms with van der Waals surface area (Å²) in [5, 5.41) is 12.6. The molecule has 0 spiro atoms. The maximum absolute atomic E-state index is 15.0. The molecule has 1 aliphatic rings. The van der Waals surface area contributed by atoms with Crippen molar-refractivity contribution in [2.24, 2.45) is 0 Å². The first-order valence-electron chi connectivity index (χ1n) is 11.1. The predicted octanol–water partition coefficient (Wildman–Crippen LogP) is 4.57. The molecular formula is C23H22ClF2N7O3. The van der Waals surface area contributed by atoms with Gasteiger partial charge in [0, 0.05) is 36.1 Å². The van der Waals surface area contributed by atoms with Crippen LogP contribution >= 0.6 is 11.6 Å². The van der Waals surface area contributed by atoms with Crippen LogP contribution < -0.4 is 10.6 Å². The number of nitrogens with one attached hydrogen (secondary N) is 3. The van der Waals surface area contributed by atoms with E-state index < -0.39 is 30.3 Å². The van der Waals surface area contributed by atoms with Crippen LogP contribution in [0, 0.1) is 5.82 Å². The molecule has 4 heterocycles. The molecule has 0 aliphatic carbocycles. The fraction of sp³-hybridized carbons (Fsp3) is 0.304. The summed E-state index contributed by atoms with van der Waals surface area (Å²) in [6.07, 6.45) is -0.997. The molecule has 5 rings (SSSR count). The molecule has 10 nitrogen and oxygen atoms in total. The Labute approximate surface area is 209 Å². The topological polar surface area (TPSA) is 118 Å². The number of halogens is 3. The van der Waals surface area contributed by atoms with Crippen molar-refractivity contribution in [3.8, 4) is 11.3 Å². The number of rotatable bonds is 6. The number of aromatic nitrogens is 5. The third kappa shape index (κ3) is 4.82. The Hall–Kier alpha value is -3.77. The highest BCUT2D eigenvalue weighted by molar-refractivity contribution is 6.31. The number of benzene rings is 1. The Morgan fingerprint density at radius 2 is 2.17 bits per heavy atom. The molecule has 1 amide bonds. The van der Waals surface area contributed by atoms with Crippen LogP contribution in [-0.4, -0.2) is 55.6 Å². The van der Waals surface area contributed by atoms with Gasteiger partial charge in [0.25, 0.3) is 0 Å². The minimum atomic E-state index is -1.58. The second-order valence-electron chi connectivity index (χ2n) is 8.52. The zero-order chi connectivity index (χ0) is 25.4. The number of fused-ring (bicyclic) bond motifs is 1. The number of H-pyrrole nitrogens is 1. The number of aromatic amines is 1. The van der Waals surface area contributed by atoms with E-state index in [1.165, 1.54) is 12.1 Å². The molecule has 1 saturated heterocycles. The third-order valence-electron chi connectivity index (χ3n) is 5.50. The molecule has 3 aromatic heterocycles. The van der Waals surface area contributed by atoms with Crippen LogP contribution in [0.5, 0.6) is 0 Å². The van der Waals surface area contributed by atoms with Crippen LogP contribution in [0.3, 0.4) is 0 Å². The first kappa shape index (κ1) is 23.9. The summed E-state index contributed by atoms with van der Waals surface area (Å²) in [6.45, 7) is 3.47. The number of carbonyl (C=O) groups is 1. The Morgan fingerprint density at radius 1 is 1.33 bits per heavy atom. The van der Waals surface area contributed by atoms with Gasteiger partial charge in [-0.1, -0.05) is 11.6 Å². The van der Waals surface area contributed by atoms with Crippen LogP contribution in [0.2, 0.25) is 5.02 Å². The monoisotopic (exact) mass is 517 g/mol. The van der Waals surface area contributed by atoms with Crippen molar-refractivity contribution in [3.05, 3.63) is 59.3 Å². The lowest BCUT2D eigenvalue weighted by atomic mass is 10.1. The molecule has 3 atom stereocenters. The summed E-state index contributed by atoms with van der Waals surface area (Å²) in [4.78, 5) is 20.7. The van der Waals surface area contributed by atoms with Gasteiger partial charge in [-0.2, -0.15) is 5.10 Å².